The summed E-state index contributed by atoms with van der Waals surface area (Å²) in [4.78, 5) is 5.16. The third kappa shape index (κ3) is 2.28. The van der Waals surface area contributed by atoms with E-state index in [-0.39, 0.29) is 0 Å². The zero-order valence-electron chi connectivity index (χ0n) is 9.67. The van der Waals surface area contributed by atoms with E-state index >= 15 is 0 Å². The molecule has 0 aliphatic carbocycles. The molecule has 0 atom stereocenters. The van der Waals surface area contributed by atoms with Crippen LogP contribution in [-0.2, 0) is 6.54 Å². The number of nitrogens with one attached hydrogen (secondary N) is 1. The van der Waals surface area contributed by atoms with Gasteiger partial charge in [-0.25, -0.2) is 4.98 Å². The molecule has 4 heteroatoms. The molecule has 2 aromatic heterocycles. The Labute approximate surface area is 109 Å². The lowest BCUT2D eigenvalue weighted by molar-refractivity contribution is 0.512. The fourth-order valence-corrected chi connectivity index (χ4v) is 2.56. The summed E-state index contributed by atoms with van der Waals surface area (Å²) < 4.78 is 5.21. The van der Waals surface area contributed by atoms with Crippen LogP contribution in [-0.4, -0.2) is 4.98 Å². The molecule has 0 spiro atoms. The smallest absolute Gasteiger partial charge is 0.180 e. The van der Waals surface area contributed by atoms with Crippen molar-refractivity contribution in [3.05, 3.63) is 60.1 Å². The van der Waals surface area contributed by atoms with E-state index in [0.717, 1.165) is 11.4 Å². The Kier molecular flexibility index (Phi) is 3.10. The maximum Gasteiger partial charge on any atom is 0.180 e. The molecule has 0 unspecified atom stereocenters. The number of rotatable bonds is 4. The fourth-order valence-electron chi connectivity index (χ4n) is 1.80. The average Bonchev–Trinajstić information content (AvgIpc) is 3.10. The predicted molar refractivity (Wildman–Crippen MR) is 73.6 cm³/mol. The number of aromatic nitrogens is 1. The lowest BCUT2D eigenvalue weighted by atomic mass is 10.1. The second-order valence-corrected chi connectivity index (χ2v) is 4.79. The number of thiophene rings is 1. The molecular weight excluding hydrogens is 244 g/mol. The zero-order chi connectivity index (χ0) is 12.2. The average molecular weight is 256 g/mol. The minimum Gasteiger partial charge on any atom is -0.447 e. The number of anilines is 1. The maximum absolute atomic E-state index is 5.21. The van der Waals surface area contributed by atoms with Crippen LogP contribution in [0.5, 0.6) is 0 Å². The largest absolute Gasteiger partial charge is 0.447 e. The number of para-hydroxylation sites is 1. The standard InChI is InChI=1S/C14H12N2OS/c1-2-5-13(16-9-11-8-15-10-17-11)12(4-1)14-6-3-7-18-14/h1-8,10,16H,9H2. The molecule has 0 aliphatic heterocycles. The van der Waals surface area contributed by atoms with Crippen LogP contribution in [0.2, 0.25) is 0 Å². The quantitative estimate of drug-likeness (QED) is 0.766. The Morgan fingerprint density at radius 3 is 2.89 bits per heavy atom. The predicted octanol–water partition coefficient (Wildman–Crippen LogP) is 4.02. The molecule has 3 nitrogen and oxygen atoms in total. The summed E-state index contributed by atoms with van der Waals surface area (Å²) in [7, 11) is 0. The van der Waals surface area contributed by atoms with Crippen molar-refractivity contribution in [2.75, 3.05) is 5.32 Å². The Morgan fingerprint density at radius 1 is 1.17 bits per heavy atom. The molecular formula is C14H12N2OS. The number of hydrogen-bond donors (Lipinski definition) is 1. The van der Waals surface area contributed by atoms with E-state index in [2.05, 4.69) is 46.0 Å². The molecule has 0 bridgehead atoms. The van der Waals surface area contributed by atoms with E-state index < -0.39 is 0 Å². The van der Waals surface area contributed by atoms with Gasteiger partial charge in [0.1, 0.15) is 5.76 Å². The van der Waals surface area contributed by atoms with E-state index in [0.29, 0.717) is 6.54 Å². The lowest BCUT2D eigenvalue weighted by Gasteiger charge is -2.09. The Bertz CT molecular complexity index is 603. The Morgan fingerprint density at radius 2 is 2.11 bits per heavy atom. The molecule has 0 fully saturated rings. The minimum absolute atomic E-state index is 0.641. The van der Waals surface area contributed by atoms with Gasteiger partial charge in [-0.1, -0.05) is 24.3 Å². The fraction of sp³-hybridized carbons (Fsp3) is 0.0714. The Hall–Kier alpha value is -2.07. The van der Waals surface area contributed by atoms with E-state index in [1.807, 2.05) is 6.07 Å². The van der Waals surface area contributed by atoms with Gasteiger partial charge < -0.3 is 9.73 Å². The van der Waals surface area contributed by atoms with E-state index in [4.69, 9.17) is 4.42 Å². The van der Waals surface area contributed by atoms with Crippen LogP contribution in [0.15, 0.2) is 58.8 Å². The SMILES string of the molecule is c1csc(-c2ccccc2NCc2cnco2)c1. The highest BCUT2D eigenvalue weighted by Crippen LogP contribution is 2.31. The van der Waals surface area contributed by atoms with Crippen LogP contribution in [0, 0.1) is 0 Å². The highest BCUT2D eigenvalue weighted by atomic mass is 32.1. The second kappa shape index (κ2) is 5.06. The first-order valence-corrected chi connectivity index (χ1v) is 6.55. The van der Waals surface area contributed by atoms with Crippen molar-refractivity contribution in [2.45, 2.75) is 6.54 Å². The molecule has 90 valence electrons. The summed E-state index contributed by atoms with van der Waals surface area (Å²) in [5, 5.41) is 5.46. The topological polar surface area (TPSA) is 38.1 Å². The third-order valence-corrected chi connectivity index (χ3v) is 3.55. The van der Waals surface area contributed by atoms with Gasteiger partial charge in [0, 0.05) is 16.1 Å². The van der Waals surface area contributed by atoms with Crippen molar-refractivity contribution in [3.8, 4) is 10.4 Å². The van der Waals surface area contributed by atoms with Crippen LogP contribution in [0.4, 0.5) is 5.69 Å². The van der Waals surface area contributed by atoms with Gasteiger partial charge in [0.25, 0.3) is 0 Å². The highest BCUT2D eigenvalue weighted by Gasteiger charge is 2.05. The minimum atomic E-state index is 0.641. The van der Waals surface area contributed by atoms with Crippen molar-refractivity contribution in [2.24, 2.45) is 0 Å². The number of hydrogen-bond acceptors (Lipinski definition) is 4. The number of benzene rings is 1. The van der Waals surface area contributed by atoms with Crippen molar-refractivity contribution in [1.29, 1.82) is 0 Å². The normalized spacial score (nSPS) is 10.4. The molecule has 3 aromatic rings. The van der Waals surface area contributed by atoms with E-state index in [1.165, 1.54) is 16.8 Å². The summed E-state index contributed by atoms with van der Waals surface area (Å²) in [6, 6.07) is 12.5. The summed E-state index contributed by atoms with van der Waals surface area (Å²) in [6.45, 7) is 0.641. The van der Waals surface area contributed by atoms with Gasteiger partial charge in [-0.3, -0.25) is 0 Å². The van der Waals surface area contributed by atoms with Gasteiger partial charge in [-0.2, -0.15) is 0 Å². The van der Waals surface area contributed by atoms with Gasteiger partial charge in [0.05, 0.1) is 12.7 Å². The first-order chi connectivity index (χ1) is 8.93. The summed E-state index contributed by atoms with van der Waals surface area (Å²) in [5.74, 6) is 0.830. The van der Waals surface area contributed by atoms with Crippen molar-refractivity contribution >= 4 is 17.0 Å². The van der Waals surface area contributed by atoms with Crippen molar-refractivity contribution in [1.82, 2.24) is 4.98 Å². The van der Waals surface area contributed by atoms with Crippen molar-refractivity contribution < 1.29 is 4.42 Å². The molecule has 18 heavy (non-hydrogen) atoms. The lowest BCUT2D eigenvalue weighted by Crippen LogP contribution is -1.99. The molecule has 0 saturated heterocycles. The van der Waals surface area contributed by atoms with Gasteiger partial charge in [0.15, 0.2) is 6.39 Å². The molecule has 0 amide bonds. The van der Waals surface area contributed by atoms with Crippen LogP contribution >= 0.6 is 11.3 Å². The van der Waals surface area contributed by atoms with E-state index in [9.17, 15) is 0 Å². The molecule has 2 heterocycles. The first-order valence-electron chi connectivity index (χ1n) is 5.67. The van der Waals surface area contributed by atoms with Crippen LogP contribution in [0.1, 0.15) is 5.76 Å². The van der Waals surface area contributed by atoms with Gasteiger partial charge in [-0.05, 0) is 17.5 Å². The summed E-state index contributed by atoms with van der Waals surface area (Å²) in [6.07, 6.45) is 3.17. The monoisotopic (exact) mass is 256 g/mol. The van der Waals surface area contributed by atoms with Gasteiger partial charge >= 0.3 is 0 Å². The van der Waals surface area contributed by atoms with Gasteiger partial charge in [0.2, 0.25) is 0 Å². The third-order valence-electron chi connectivity index (χ3n) is 2.65. The molecule has 3 rings (SSSR count). The highest BCUT2D eigenvalue weighted by molar-refractivity contribution is 7.13. The molecule has 0 aliphatic rings. The summed E-state index contributed by atoms with van der Waals surface area (Å²) >= 11 is 1.74. The van der Waals surface area contributed by atoms with Crippen LogP contribution in [0.25, 0.3) is 10.4 Å². The van der Waals surface area contributed by atoms with Crippen molar-refractivity contribution in [3.63, 3.8) is 0 Å². The molecule has 1 aromatic carbocycles. The molecule has 0 radical (unpaired) electrons. The van der Waals surface area contributed by atoms with Crippen LogP contribution < -0.4 is 5.32 Å². The molecule has 0 saturated carbocycles. The zero-order valence-corrected chi connectivity index (χ0v) is 10.5. The molecule has 1 N–H and O–H groups in total. The van der Waals surface area contributed by atoms with Gasteiger partial charge in [-0.15, -0.1) is 11.3 Å². The number of oxazole rings is 1. The number of nitrogens with zero attached hydrogens (tertiary/aromatic N) is 1. The van der Waals surface area contributed by atoms with Crippen LogP contribution in [0.3, 0.4) is 0 Å². The Balaban J connectivity index is 1.84. The maximum atomic E-state index is 5.21. The van der Waals surface area contributed by atoms with E-state index in [1.54, 1.807) is 17.5 Å². The second-order valence-electron chi connectivity index (χ2n) is 3.84. The first kappa shape index (κ1) is 11.0. The summed E-state index contributed by atoms with van der Waals surface area (Å²) in [5.41, 5.74) is 2.32.